The number of hydrogen-bond acceptors (Lipinski definition) is 3. The Morgan fingerprint density at radius 3 is 2.38 bits per heavy atom. The summed E-state index contributed by atoms with van der Waals surface area (Å²) in [5.41, 5.74) is 1.74. The zero-order chi connectivity index (χ0) is 18.8. The highest BCUT2D eigenvalue weighted by atomic mass is 19.1. The molecule has 0 saturated carbocycles. The number of esters is 1. The lowest BCUT2D eigenvalue weighted by atomic mass is 10.2. The van der Waals surface area contributed by atoms with Gasteiger partial charge in [-0.25, -0.2) is 9.18 Å². The second kappa shape index (κ2) is 10.1. The summed E-state index contributed by atoms with van der Waals surface area (Å²) < 4.78 is 18.0. The van der Waals surface area contributed by atoms with E-state index in [1.165, 1.54) is 18.2 Å². The van der Waals surface area contributed by atoms with Crippen molar-refractivity contribution in [2.24, 2.45) is 0 Å². The minimum atomic E-state index is -0.366. The fourth-order valence-electron chi connectivity index (χ4n) is 2.22. The molecule has 0 fully saturated rings. The molecule has 2 aromatic rings. The number of nitrogens with one attached hydrogen (secondary N) is 1. The third-order valence-corrected chi connectivity index (χ3v) is 3.67. The van der Waals surface area contributed by atoms with E-state index in [0.717, 1.165) is 24.8 Å². The van der Waals surface area contributed by atoms with Crippen molar-refractivity contribution in [1.29, 1.82) is 0 Å². The number of amides is 1. The molecule has 26 heavy (non-hydrogen) atoms. The second-order valence-electron chi connectivity index (χ2n) is 5.79. The Hall–Kier alpha value is -2.95. The van der Waals surface area contributed by atoms with Crippen LogP contribution in [0.1, 0.15) is 42.1 Å². The van der Waals surface area contributed by atoms with Gasteiger partial charge < -0.3 is 10.1 Å². The van der Waals surface area contributed by atoms with E-state index in [0.29, 0.717) is 17.9 Å². The van der Waals surface area contributed by atoms with Crippen molar-refractivity contribution in [3.8, 4) is 0 Å². The van der Waals surface area contributed by atoms with Crippen LogP contribution in [0, 0.1) is 5.82 Å². The first-order chi connectivity index (χ1) is 12.6. The van der Waals surface area contributed by atoms with E-state index < -0.39 is 0 Å². The lowest BCUT2D eigenvalue weighted by Gasteiger charge is -2.06. The molecule has 0 saturated heterocycles. The summed E-state index contributed by atoms with van der Waals surface area (Å²) in [5.74, 6) is -1.00. The van der Waals surface area contributed by atoms with Gasteiger partial charge in [0.05, 0.1) is 12.2 Å². The van der Waals surface area contributed by atoms with Crippen molar-refractivity contribution >= 4 is 23.6 Å². The Morgan fingerprint density at radius 1 is 1.04 bits per heavy atom. The van der Waals surface area contributed by atoms with Gasteiger partial charge in [0.1, 0.15) is 5.82 Å². The molecule has 0 aromatic heterocycles. The average molecular weight is 355 g/mol. The predicted octanol–water partition coefficient (Wildman–Crippen LogP) is 4.82. The molecular weight excluding hydrogens is 333 g/mol. The predicted molar refractivity (Wildman–Crippen MR) is 100 cm³/mol. The van der Waals surface area contributed by atoms with Crippen LogP contribution in [0.2, 0.25) is 0 Å². The van der Waals surface area contributed by atoms with E-state index in [2.05, 4.69) is 12.2 Å². The molecule has 1 N–H and O–H groups in total. The summed E-state index contributed by atoms with van der Waals surface area (Å²) in [6, 6.07) is 12.3. The fraction of sp³-hybridized carbons (Fsp3) is 0.238. The van der Waals surface area contributed by atoms with Gasteiger partial charge in [0.25, 0.3) is 0 Å². The van der Waals surface area contributed by atoms with Crippen molar-refractivity contribution in [2.45, 2.75) is 26.2 Å². The summed E-state index contributed by atoms with van der Waals surface area (Å²) in [6.07, 6.45) is 5.92. The maximum absolute atomic E-state index is 12.8. The Labute approximate surface area is 152 Å². The smallest absolute Gasteiger partial charge is 0.338 e. The molecule has 4 nitrogen and oxygen atoms in total. The number of halogens is 1. The third kappa shape index (κ3) is 6.51. The molecule has 0 unspecified atom stereocenters. The molecule has 0 aliphatic carbocycles. The van der Waals surface area contributed by atoms with Crippen molar-refractivity contribution in [3.63, 3.8) is 0 Å². The van der Waals surface area contributed by atoms with Crippen molar-refractivity contribution in [2.75, 3.05) is 11.9 Å². The van der Waals surface area contributed by atoms with Crippen LogP contribution in [0.15, 0.2) is 54.6 Å². The van der Waals surface area contributed by atoms with Gasteiger partial charge in [-0.15, -0.1) is 0 Å². The van der Waals surface area contributed by atoms with Gasteiger partial charge in [-0.1, -0.05) is 31.9 Å². The molecule has 0 aliphatic rings. The van der Waals surface area contributed by atoms with Crippen LogP contribution in [-0.2, 0) is 9.53 Å². The molecule has 5 heteroatoms. The van der Waals surface area contributed by atoms with Gasteiger partial charge in [0.15, 0.2) is 0 Å². The Balaban J connectivity index is 1.85. The molecule has 1 amide bonds. The first-order valence-corrected chi connectivity index (χ1v) is 8.60. The second-order valence-corrected chi connectivity index (χ2v) is 5.79. The Kier molecular flexibility index (Phi) is 7.55. The number of ether oxygens (including phenoxy) is 1. The van der Waals surface area contributed by atoms with E-state index >= 15 is 0 Å². The highest BCUT2D eigenvalue weighted by molar-refractivity contribution is 6.02. The fourth-order valence-corrected chi connectivity index (χ4v) is 2.22. The van der Waals surface area contributed by atoms with Crippen molar-refractivity contribution in [1.82, 2.24) is 0 Å². The molecule has 2 aromatic carbocycles. The van der Waals surface area contributed by atoms with E-state index in [-0.39, 0.29) is 17.7 Å². The van der Waals surface area contributed by atoms with E-state index in [4.69, 9.17) is 4.74 Å². The standard InChI is InChI=1S/C21H22FNO3/c1-2-3-4-15-26-21(25)17-8-12-19(13-9-17)23-20(24)14-7-16-5-10-18(22)11-6-16/h5-14H,2-4,15H2,1H3,(H,23,24)/b14-7+. The third-order valence-electron chi connectivity index (χ3n) is 3.67. The summed E-state index contributed by atoms with van der Waals surface area (Å²) in [7, 11) is 0. The lowest BCUT2D eigenvalue weighted by molar-refractivity contribution is -0.111. The number of carbonyl (C=O) groups is 2. The Bertz CT molecular complexity index is 752. The molecule has 0 heterocycles. The largest absolute Gasteiger partial charge is 0.462 e. The first kappa shape index (κ1) is 19.4. The van der Waals surface area contributed by atoms with Gasteiger partial charge in [-0.2, -0.15) is 0 Å². The number of hydrogen-bond donors (Lipinski definition) is 1. The Morgan fingerprint density at radius 2 is 1.73 bits per heavy atom. The van der Waals surface area contributed by atoms with E-state index in [9.17, 15) is 14.0 Å². The maximum Gasteiger partial charge on any atom is 0.338 e. The summed E-state index contributed by atoms with van der Waals surface area (Å²) in [6.45, 7) is 2.50. The number of carbonyl (C=O) groups excluding carboxylic acids is 2. The molecule has 0 atom stereocenters. The number of benzene rings is 2. The molecule has 136 valence electrons. The zero-order valence-corrected chi connectivity index (χ0v) is 14.7. The van der Waals surface area contributed by atoms with Crippen LogP contribution in [-0.4, -0.2) is 18.5 Å². The monoisotopic (exact) mass is 355 g/mol. The normalized spacial score (nSPS) is 10.7. The van der Waals surface area contributed by atoms with Crippen molar-refractivity contribution < 1.29 is 18.7 Å². The quantitative estimate of drug-likeness (QED) is 0.419. The number of rotatable bonds is 8. The van der Waals surface area contributed by atoms with Crippen molar-refractivity contribution in [3.05, 3.63) is 71.6 Å². The van der Waals surface area contributed by atoms with Crippen LogP contribution >= 0.6 is 0 Å². The molecule has 0 spiro atoms. The van der Waals surface area contributed by atoms with Gasteiger partial charge in [0, 0.05) is 11.8 Å². The van der Waals surface area contributed by atoms with Gasteiger partial charge in [-0.3, -0.25) is 4.79 Å². The summed E-state index contributed by atoms with van der Waals surface area (Å²) >= 11 is 0. The minimum Gasteiger partial charge on any atom is -0.462 e. The molecule has 0 bridgehead atoms. The van der Waals surface area contributed by atoms with Crippen LogP contribution in [0.5, 0.6) is 0 Å². The van der Waals surface area contributed by atoms with E-state index in [1.54, 1.807) is 42.5 Å². The lowest BCUT2D eigenvalue weighted by Crippen LogP contribution is -2.09. The number of unbranched alkanes of at least 4 members (excludes halogenated alkanes) is 2. The molecular formula is C21H22FNO3. The average Bonchev–Trinajstić information content (AvgIpc) is 2.65. The van der Waals surface area contributed by atoms with Crippen LogP contribution < -0.4 is 5.32 Å². The topological polar surface area (TPSA) is 55.4 Å². The van der Waals surface area contributed by atoms with Gasteiger partial charge in [0.2, 0.25) is 5.91 Å². The molecule has 0 aliphatic heterocycles. The van der Waals surface area contributed by atoms with Crippen LogP contribution in [0.4, 0.5) is 10.1 Å². The zero-order valence-electron chi connectivity index (χ0n) is 14.7. The highest BCUT2D eigenvalue weighted by Gasteiger charge is 2.07. The van der Waals surface area contributed by atoms with Crippen LogP contribution in [0.25, 0.3) is 6.08 Å². The SMILES string of the molecule is CCCCCOC(=O)c1ccc(NC(=O)/C=C/c2ccc(F)cc2)cc1. The molecule has 0 radical (unpaired) electrons. The summed E-state index contributed by atoms with van der Waals surface area (Å²) in [5, 5.41) is 2.70. The number of anilines is 1. The van der Waals surface area contributed by atoms with Gasteiger partial charge >= 0.3 is 5.97 Å². The first-order valence-electron chi connectivity index (χ1n) is 8.60. The molecule has 2 rings (SSSR count). The van der Waals surface area contributed by atoms with E-state index in [1.807, 2.05) is 0 Å². The maximum atomic E-state index is 12.8. The summed E-state index contributed by atoms with van der Waals surface area (Å²) in [4.78, 5) is 23.8. The minimum absolute atomic E-state index is 0.316. The highest BCUT2D eigenvalue weighted by Crippen LogP contribution is 2.12. The van der Waals surface area contributed by atoms with Crippen LogP contribution in [0.3, 0.4) is 0 Å². The van der Waals surface area contributed by atoms with Gasteiger partial charge in [-0.05, 0) is 54.5 Å².